The first-order chi connectivity index (χ1) is 14.5. The van der Waals surface area contributed by atoms with Crippen molar-refractivity contribution in [3.63, 3.8) is 0 Å². The number of aryl methyl sites for hydroxylation is 2. The van der Waals surface area contributed by atoms with Crippen LogP contribution in [0.15, 0.2) is 59.8 Å². The zero-order valence-corrected chi connectivity index (χ0v) is 19.1. The summed E-state index contributed by atoms with van der Waals surface area (Å²) in [5.74, 6) is 1.15. The Labute approximate surface area is 182 Å². The average molecular weight is 462 g/mol. The maximum absolute atomic E-state index is 13.1. The summed E-state index contributed by atoms with van der Waals surface area (Å²) in [6, 6.07) is 11.5. The maximum Gasteiger partial charge on any atom is 0.262 e. The maximum atomic E-state index is 13.1. The molecule has 0 fully saturated rings. The fraction of sp³-hybridized carbons (Fsp3) is 0.190. The average Bonchev–Trinajstić information content (AvgIpc) is 2.66. The van der Waals surface area contributed by atoms with E-state index in [4.69, 9.17) is 4.74 Å². The highest BCUT2D eigenvalue weighted by molar-refractivity contribution is 7.93. The highest BCUT2D eigenvalue weighted by Crippen LogP contribution is 2.32. The fourth-order valence-corrected chi connectivity index (χ4v) is 5.48. The van der Waals surface area contributed by atoms with E-state index in [1.165, 1.54) is 0 Å². The summed E-state index contributed by atoms with van der Waals surface area (Å²) < 4.78 is 60.3. The van der Waals surface area contributed by atoms with E-state index in [-0.39, 0.29) is 10.6 Å². The van der Waals surface area contributed by atoms with Gasteiger partial charge in [0.15, 0.2) is 0 Å². The number of nitrogens with zero attached hydrogens (tertiary/aromatic N) is 1. The molecule has 0 unspecified atom stereocenters. The zero-order chi connectivity index (χ0) is 22.8. The van der Waals surface area contributed by atoms with E-state index in [9.17, 15) is 16.8 Å². The second-order valence-corrected chi connectivity index (χ2v) is 10.5. The molecule has 0 saturated heterocycles. The topological polar surface area (TPSA) is 114 Å². The van der Waals surface area contributed by atoms with Crippen LogP contribution in [0.4, 0.5) is 11.4 Å². The molecule has 0 amide bonds. The second-order valence-electron chi connectivity index (χ2n) is 7.13. The highest BCUT2D eigenvalue weighted by Gasteiger charge is 2.24. The molecule has 0 saturated carbocycles. The Morgan fingerprint density at radius 3 is 1.97 bits per heavy atom. The zero-order valence-electron chi connectivity index (χ0n) is 17.5. The number of sulfonamides is 2. The van der Waals surface area contributed by atoms with Gasteiger partial charge in [-0.05, 0) is 73.9 Å². The molecule has 1 heterocycles. The van der Waals surface area contributed by atoms with Gasteiger partial charge in [0.05, 0.1) is 16.8 Å². The van der Waals surface area contributed by atoms with Gasteiger partial charge >= 0.3 is 0 Å². The smallest absolute Gasteiger partial charge is 0.262 e. The lowest BCUT2D eigenvalue weighted by molar-refractivity contribution is 0.482. The molecule has 3 aromatic rings. The molecule has 31 heavy (non-hydrogen) atoms. The normalized spacial score (nSPS) is 11.7. The lowest BCUT2D eigenvalue weighted by Crippen LogP contribution is -2.19. The first-order valence-corrected chi connectivity index (χ1v) is 12.6. The molecule has 0 atom stereocenters. The van der Waals surface area contributed by atoms with Crippen LogP contribution >= 0.6 is 0 Å². The van der Waals surface area contributed by atoms with Crippen LogP contribution in [0.25, 0.3) is 0 Å². The molecule has 2 aromatic carbocycles. The highest BCUT2D eigenvalue weighted by atomic mass is 32.2. The quantitative estimate of drug-likeness (QED) is 0.550. The number of aromatic nitrogens is 1. The molecule has 0 aliphatic carbocycles. The molecular formula is C21H23N3O5S2. The largest absolute Gasteiger partial charge is 0.457 e. The lowest BCUT2D eigenvalue weighted by Gasteiger charge is -2.19. The van der Waals surface area contributed by atoms with Gasteiger partial charge in [-0.25, -0.2) is 16.8 Å². The van der Waals surface area contributed by atoms with Gasteiger partial charge < -0.3 is 4.74 Å². The van der Waals surface area contributed by atoms with Crippen molar-refractivity contribution in [2.45, 2.75) is 25.7 Å². The van der Waals surface area contributed by atoms with Crippen molar-refractivity contribution < 1.29 is 21.6 Å². The SMILES string of the molecule is Cc1cc(C)c(S(=O)(=O)Nc2ccc(Oc3ccncc3)cc2)c(C)c1NS(C)(=O)=O. The van der Waals surface area contributed by atoms with Crippen LogP contribution < -0.4 is 14.2 Å². The van der Waals surface area contributed by atoms with Gasteiger partial charge in [0.2, 0.25) is 10.0 Å². The van der Waals surface area contributed by atoms with Gasteiger partial charge in [-0.3, -0.25) is 14.4 Å². The van der Waals surface area contributed by atoms with Gasteiger partial charge in [0, 0.05) is 18.1 Å². The summed E-state index contributed by atoms with van der Waals surface area (Å²) in [5, 5.41) is 0. The monoisotopic (exact) mass is 461 g/mol. The number of benzene rings is 2. The minimum absolute atomic E-state index is 0.0290. The van der Waals surface area contributed by atoms with Crippen molar-refractivity contribution in [2.24, 2.45) is 0 Å². The third kappa shape index (κ3) is 5.53. The molecule has 3 rings (SSSR count). The Balaban J connectivity index is 1.89. The van der Waals surface area contributed by atoms with Crippen molar-refractivity contribution in [2.75, 3.05) is 15.7 Å². The minimum atomic E-state index is -3.98. The summed E-state index contributed by atoms with van der Waals surface area (Å²) in [4.78, 5) is 3.95. The summed E-state index contributed by atoms with van der Waals surface area (Å²) in [7, 11) is -7.54. The number of anilines is 2. The van der Waals surface area contributed by atoms with Crippen LogP contribution in [0.2, 0.25) is 0 Å². The van der Waals surface area contributed by atoms with Crippen molar-refractivity contribution in [3.8, 4) is 11.5 Å². The Morgan fingerprint density at radius 1 is 0.806 bits per heavy atom. The fourth-order valence-electron chi connectivity index (χ4n) is 3.26. The lowest BCUT2D eigenvalue weighted by atomic mass is 10.1. The molecule has 10 heteroatoms. The van der Waals surface area contributed by atoms with Crippen LogP contribution in [0.3, 0.4) is 0 Å². The van der Waals surface area contributed by atoms with E-state index in [2.05, 4.69) is 14.4 Å². The van der Waals surface area contributed by atoms with E-state index in [1.807, 2.05) is 0 Å². The molecule has 1 aromatic heterocycles. The van der Waals surface area contributed by atoms with E-state index >= 15 is 0 Å². The second kappa shape index (κ2) is 8.56. The molecule has 0 spiro atoms. The molecule has 0 aliphatic heterocycles. The molecule has 8 nitrogen and oxygen atoms in total. The Bertz CT molecular complexity index is 1310. The van der Waals surface area contributed by atoms with E-state index in [0.717, 1.165) is 6.26 Å². The third-order valence-electron chi connectivity index (χ3n) is 4.45. The number of pyridine rings is 1. The van der Waals surface area contributed by atoms with Crippen molar-refractivity contribution in [1.82, 2.24) is 4.98 Å². The predicted octanol–water partition coefficient (Wildman–Crippen LogP) is 3.97. The van der Waals surface area contributed by atoms with E-state index in [1.54, 1.807) is 75.6 Å². The predicted molar refractivity (Wildman–Crippen MR) is 121 cm³/mol. The van der Waals surface area contributed by atoms with Gasteiger partial charge in [-0.15, -0.1) is 0 Å². The first-order valence-electron chi connectivity index (χ1n) is 9.25. The first kappa shape index (κ1) is 22.6. The van der Waals surface area contributed by atoms with Crippen LogP contribution in [0, 0.1) is 20.8 Å². The van der Waals surface area contributed by atoms with Crippen molar-refractivity contribution in [1.29, 1.82) is 0 Å². The summed E-state index contributed by atoms with van der Waals surface area (Å²) in [6.45, 7) is 4.97. The minimum Gasteiger partial charge on any atom is -0.457 e. The number of hydrogen-bond acceptors (Lipinski definition) is 6. The Kier molecular flexibility index (Phi) is 6.23. The van der Waals surface area contributed by atoms with Crippen LogP contribution in [0.5, 0.6) is 11.5 Å². The van der Waals surface area contributed by atoms with Crippen LogP contribution in [0.1, 0.15) is 16.7 Å². The summed E-state index contributed by atoms with van der Waals surface area (Å²) in [6.07, 6.45) is 4.24. The molecule has 164 valence electrons. The Morgan fingerprint density at radius 2 is 1.39 bits per heavy atom. The molecule has 2 N–H and O–H groups in total. The third-order valence-corrected chi connectivity index (χ3v) is 6.69. The van der Waals surface area contributed by atoms with E-state index < -0.39 is 20.0 Å². The van der Waals surface area contributed by atoms with Crippen LogP contribution in [-0.4, -0.2) is 28.1 Å². The Hall–Kier alpha value is -3.11. The number of nitrogens with one attached hydrogen (secondary N) is 2. The van der Waals surface area contributed by atoms with Gasteiger partial charge in [0.25, 0.3) is 10.0 Å². The molecule has 0 radical (unpaired) electrons. The molecule has 0 aliphatic rings. The van der Waals surface area contributed by atoms with Crippen LogP contribution in [-0.2, 0) is 20.0 Å². The number of rotatable bonds is 7. The molecule has 0 bridgehead atoms. The van der Waals surface area contributed by atoms with E-state index in [0.29, 0.717) is 33.9 Å². The molecular weight excluding hydrogens is 438 g/mol. The van der Waals surface area contributed by atoms with Gasteiger partial charge in [-0.2, -0.15) is 0 Å². The standard InChI is InChI=1S/C21H23N3O5S2/c1-14-13-15(2)21(16(3)20(14)24-30(4,25)26)31(27,28)23-17-5-7-18(8-6-17)29-19-9-11-22-12-10-19/h5-13,23-24H,1-4H3. The number of ether oxygens (including phenoxy) is 1. The van der Waals surface area contributed by atoms with Crippen molar-refractivity contribution >= 4 is 31.4 Å². The van der Waals surface area contributed by atoms with Gasteiger partial charge in [-0.1, -0.05) is 6.07 Å². The van der Waals surface area contributed by atoms with Gasteiger partial charge in [0.1, 0.15) is 11.5 Å². The number of hydrogen-bond donors (Lipinski definition) is 2. The summed E-state index contributed by atoms with van der Waals surface area (Å²) >= 11 is 0. The van der Waals surface area contributed by atoms with Crippen molar-refractivity contribution in [3.05, 3.63) is 71.5 Å². The summed E-state index contributed by atoms with van der Waals surface area (Å²) in [5.41, 5.74) is 2.08.